The lowest BCUT2D eigenvalue weighted by atomic mass is 10.1. The second-order valence-corrected chi connectivity index (χ2v) is 3.82. The Labute approximate surface area is 77.6 Å². The molecule has 0 radical (unpaired) electrons. The van der Waals surface area contributed by atoms with Crippen LogP contribution in [0.5, 0.6) is 0 Å². The van der Waals surface area contributed by atoms with Gasteiger partial charge in [0.2, 0.25) is 0 Å². The standard InChI is InChI=1S/C9H15N3O/c1-6(7-3-4-7)9-11-10-8(5-13)12(9)2/h6-7,13H,3-5H2,1-2H3. The molecule has 1 fully saturated rings. The fourth-order valence-electron chi connectivity index (χ4n) is 1.72. The van der Waals surface area contributed by atoms with Crippen LogP contribution in [-0.2, 0) is 13.7 Å². The SMILES string of the molecule is CC(c1nnc(CO)n1C)C1CC1. The molecule has 0 amide bonds. The third kappa shape index (κ3) is 1.46. The van der Waals surface area contributed by atoms with Gasteiger partial charge < -0.3 is 9.67 Å². The first-order chi connectivity index (χ1) is 6.24. The van der Waals surface area contributed by atoms with Gasteiger partial charge in [-0.3, -0.25) is 0 Å². The van der Waals surface area contributed by atoms with Gasteiger partial charge in [0.05, 0.1) is 0 Å². The van der Waals surface area contributed by atoms with E-state index in [9.17, 15) is 0 Å². The van der Waals surface area contributed by atoms with E-state index in [-0.39, 0.29) is 6.61 Å². The van der Waals surface area contributed by atoms with E-state index in [2.05, 4.69) is 17.1 Å². The molecule has 4 heteroatoms. The summed E-state index contributed by atoms with van der Waals surface area (Å²) in [5.41, 5.74) is 0. The number of hydrogen-bond donors (Lipinski definition) is 1. The van der Waals surface area contributed by atoms with Crippen LogP contribution >= 0.6 is 0 Å². The molecule has 1 aliphatic carbocycles. The van der Waals surface area contributed by atoms with Gasteiger partial charge in [0.1, 0.15) is 12.4 Å². The molecule has 0 saturated heterocycles. The van der Waals surface area contributed by atoms with Crippen LogP contribution < -0.4 is 0 Å². The smallest absolute Gasteiger partial charge is 0.158 e. The molecule has 1 atom stereocenters. The van der Waals surface area contributed by atoms with Crippen molar-refractivity contribution in [2.45, 2.75) is 32.3 Å². The van der Waals surface area contributed by atoms with E-state index in [1.807, 2.05) is 11.6 Å². The van der Waals surface area contributed by atoms with E-state index in [0.29, 0.717) is 11.7 Å². The Kier molecular flexibility index (Phi) is 2.07. The van der Waals surface area contributed by atoms with Crippen molar-refractivity contribution in [3.05, 3.63) is 11.6 Å². The lowest BCUT2D eigenvalue weighted by molar-refractivity contribution is 0.266. The van der Waals surface area contributed by atoms with Crippen LogP contribution in [0, 0.1) is 5.92 Å². The Hall–Kier alpha value is -0.900. The molecule has 1 aliphatic rings. The molecule has 2 rings (SSSR count). The molecule has 1 N–H and O–H groups in total. The third-order valence-corrected chi connectivity index (χ3v) is 2.88. The van der Waals surface area contributed by atoms with Crippen LogP contribution in [0.15, 0.2) is 0 Å². The first kappa shape index (κ1) is 8.69. The average Bonchev–Trinajstić information content (AvgIpc) is 2.89. The summed E-state index contributed by atoms with van der Waals surface area (Å²) in [4.78, 5) is 0. The number of hydrogen-bond acceptors (Lipinski definition) is 3. The molecule has 0 bridgehead atoms. The van der Waals surface area contributed by atoms with Crippen molar-refractivity contribution in [2.24, 2.45) is 13.0 Å². The van der Waals surface area contributed by atoms with Crippen LogP contribution in [0.25, 0.3) is 0 Å². The zero-order chi connectivity index (χ0) is 9.42. The van der Waals surface area contributed by atoms with Crippen LogP contribution in [0.2, 0.25) is 0 Å². The zero-order valence-corrected chi connectivity index (χ0v) is 8.06. The zero-order valence-electron chi connectivity index (χ0n) is 8.06. The fraction of sp³-hybridized carbons (Fsp3) is 0.778. The number of aromatic nitrogens is 3. The van der Waals surface area contributed by atoms with Gasteiger partial charge >= 0.3 is 0 Å². The highest BCUT2D eigenvalue weighted by atomic mass is 16.3. The first-order valence-corrected chi connectivity index (χ1v) is 4.73. The number of aliphatic hydroxyl groups is 1. The molecule has 1 saturated carbocycles. The van der Waals surface area contributed by atoms with Crippen LogP contribution in [0.4, 0.5) is 0 Å². The molecular weight excluding hydrogens is 166 g/mol. The average molecular weight is 181 g/mol. The molecule has 1 heterocycles. The molecular formula is C9H15N3O. The normalized spacial score (nSPS) is 19.0. The summed E-state index contributed by atoms with van der Waals surface area (Å²) >= 11 is 0. The van der Waals surface area contributed by atoms with Gasteiger partial charge in [0.15, 0.2) is 5.82 Å². The minimum Gasteiger partial charge on any atom is -0.388 e. The summed E-state index contributed by atoms with van der Waals surface area (Å²) in [6.07, 6.45) is 2.62. The lowest BCUT2D eigenvalue weighted by Gasteiger charge is -2.08. The Balaban J connectivity index is 2.23. The minimum atomic E-state index is -0.0269. The molecule has 1 aromatic rings. The van der Waals surface area contributed by atoms with Crippen molar-refractivity contribution < 1.29 is 5.11 Å². The van der Waals surface area contributed by atoms with Crippen LogP contribution in [0.1, 0.15) is 37.3 Å². The summed E-state index contributed by atoms with van der Waals surface area (Å²) < 4.78 is 1.91. The highest BCUT2D eigenvalue weighted by Crippen LogP contribution is 2.41. The van der Waals surface area contributed by atoms with Crippen LogP contribution in [0.3, 0.4) is 0 Å². The van der Waals surface area contributed by atoms with Gasteiger partial charge in [0, 0.05) is 13.0 Å². The number of aliphatic hydroxyl groups excluding tert-OH is 1. The molecule has 1 unspecified atom stereocenters. The van der Waals surface area contributed by atoms with Gasteiger partial charge in [-0.05, 0) is 18.8 Å². The molecule has 0 aromatic carbocycles. The maximum absolute atomic E-state index is 8.94. The summed E-state index contributed by atoms with van der Waals surface area (Å²) in [7, 11) is 1.92. The summed E-state index contributed by atoms with van der Waals surface area (Å²) in [5, 5.41) is 17.0. The molecule has 1 aromatic heterocycles. The highest BCUT2D eigenvalue weighted by molar-refractivity contribution is 5.04. The predicted octanol–water partition coefficient (Wildman–Crippen LogP) is 0.821. The van der Waals surface area contributed by atoms with E-state index in [0.717, 1.165) is 11.7 Å². The van der Waals surface area contributed by atoms with E-state index in [1.165, 1.54) is 12.8 Å². The third-order valence-electron chi connectivity index (χ3n) is 2.88. The van der Waals surface area contributed by atoms with Crippen molar-refractivity contribution in [3.63, 3.8) is 0 Å². The monoisotopic (exact) mass is 181 g/mol. The minimum absolute atomic E-state index is 0.0269. The van der Waals surface area contributed by atoms with Gasteiger partial charge in [-0.1, -0.05) is 6.92 Å². The van der Waals surface area contributed by atoms with E-state index in [1.54, 1.807) is 0 Å². The predicted molar refractivity (Wildman–Crippen MR) is 48.1 cm³/mol. The summed E-state index contributed by atoms with van der Waals surface area (Å²) in [5.74, 6) is 2.93. The Morgan fingerprint density at radius 1 is 1.54 bits per heavy atom. The van der Waals surface area contributed by atoms with Crippen LogP contribution in [-0.4, -0.2) is 19.9 Å². The molecule has 72 valence electrons. The van der Waals surface area contributed by atoms with Crippen molar-refractivity contribution in [1.29, 1.82) is 0 Å². The first-order valence-electron chi connectivity index (χ1n) is 4.73. The largest absolute Gasteiger partial charge is 0.388 e. The van der Waals surface area contributed by atoms with E-state index < -0.39 is 0 Å². The van der Waals surface area contributed by atoms with Gasteiger partial charge in [-0.25, -0.2) is 0 Å². The lowest BCUT2D eigenvalue weighted by Crippen LogP contribution is -2.07. The number of rotatable bonds is 3. The summed E-state index contributed by atoms with van der Waals surface area (Å²) in [6.45, 7) is 2.16. The maximum atomic E-state index is 8.94. The molecule has 13 heavy (non-hydrogen) atoms. The maximum Gasteiger partial charge on any atom is 0.158 e. The van der Waals surface area contributed by atoms with Gasteiger partial charge in [-0.2, -0.15) is 0 Å². The Bertz CT molecular complexity index is 304. The Morgan fingerprint density at radius 3 is 2.69 bits per heavy atom. The van der Waals surface area contributed by atoms with Crippen molar-refractivity contribution in [2.75, 3.05) is 0 Å². The number of nitrogens with zero attached hydrogens (tertiary/aromatic N) is 3. The quantitative estimate of drug-likeness (QED) is 0.751. The topological polar surface area (TPSA) is 50.9 Å². The van der Waals surface area contributed by atoms with E-state index in [4.69, 9.17) is 5.11 Å². The van der Waals surface area contributed by atoms with Gasteiger partial charge in [0.25, 0.3) is 0 Å². The second-order valence-electron chi connectivity index (χ2n) is 3.82. The Morgan fingerprint density at radius 2 is 2.23 bits per heavy atom. The summed E-state index contributed by atoms with van der Waals surface area (Å²) in [6, 6.07) is 0. The van der Waals surface area contributed by atoms with E-state index >= 15 is 0 Å². The van der Waals surface area contributed by atoms with Crippen molar-refractivity contribution in [3.8, 4) is 0 Å². The molecule has 0 spiro atoms. The second kappa shape index (κ2) is 3.10. The molecule has 4 nitrogen and oxygen atoms in total. The van der Waals surface area contributed by atoms with Gasteiger partial charge in [-0.15, -0.1) is 10.2 Å². The highest BCUT2D eigenvalue weighted by Gasteiger charge is 2.31. The van der Waals surface area contributed by atoms with Crippen molar-refractivity contribution in [1.82, 2.24) is 14.8 Å². The molecule has 0 aliphatic heterocycles. The fourth-order valence-corrected chi connectivity index (χ4v) is 1.72. The van der Waals surface area contributed by atoms with Crippen molar-refractivity contribution >= 4 is 0 Å².